The molecule has 1 aliphatic heterocycles. The van der Waals surface area contributed by atoms with Crippen LogP contribution in [-0.2, 0) is 0 Å². The van der Waals surface area contributed by atoms with Crippen LogP contribution in [0.25, 0.3) is 11.3 Å². The molecule has 32 heavy (non-hydrogen) atoms. The van der Waals surface area contributed by atoms with Gasteiger partial charge in [0.25, 0.3) is 0 Å². The van der Waals surface area contributed by atoms with Crippen LogP contribution in [0.5, 0.6) is 5.88 Å². The lowest BCUT2D eigenvalue weighted by Crippen LogP contribution is -2.39. The summed E-state index contributed by atoms with van der Waals surface area (Å²) in [6, 6.07) is 5.77. The fourth-order valence-corrected chi connectivity index (χ4v) is 4.58. The summed E-state index contributed by atoms with van der Waals surface area (Å²) in [5.74, 6) is 0.489. The van der Waals surface area contributed by atoms with Crippen LogP contribution in [0.2, 0.25) is 5.15 Å². The molecule has 2 aromatic rings. The lowest BCUT2D eigenvalue weighted by atomic mass is 9.83. The summed E-state index contributed by atoms with van der Waals surface area (Å²) >= 11 is 6.16. The van der Waals surface area contributed by atoms with Gasteiger partial charge in [0.1, 0.15) is 17.9 Å². The molecule has 0 bridgehead atoms. The molecule has 0 amide bonds. The van der Waals surface area contributed by atoms with E-state index in [2.05, 4.69) is 25.4 Å². The number of rotatable bonds is 7. The summed E-state index contributed by atoms with van der Waals surface area (Å²) < 4.78 is 18.5. The molecule has 1 saturated heterocycles. The molecule has 0 aromatic carbocycles. The molecule has 0 spiro atoms. The number of pyridine rings is 1. The summed E-state index contributed by atoms with van der Waals surface area (Å²) in [6.45, 7) is 3.75. The van der Waals surface area contributed by atoms with Gasteiger partial charge in [0.05, 0.1) is 11.3 Å². The van der Waals surface area contributed by atoms with Gasteiger partial charge in [-0.05, 0) is 57.6 Å². The first-order valence-electron chi connectivity index (χ1n) is 11.4. The highest BCUT2D eigenvalue weighted by atomic mass is 35.5. The van der Waals surface area contributed by atoms with Crippen molar-refractivity contribution in [3.05, 3.63) is 29.5 Å². The molecule has 2 N–H and O–H groups in total. The average Bonchev–Trinajstić information content (AvgIpc) is 2.78. The van der Waals surface area contributed by atoms with Crippen molar-refractivity contribution in [3.8, 4) is 17.1 Å². The zero-order valence-corrected chi connectivity index (χ0v) is 19.2. The molecular formula is C23H31ClFN5O2. The monoisotopic (exact) mass is 463 g/mol. The number of likely N-dealkylation sites (tertiary alicyclic amines) is 1. The van der Waals surface area contributed by atoms with Crippen LogP contribution in [0, 0.1) is 0 Å². The predicted molar refractivity (Wildman–Crippen MR) is 123 cm³/mol. The van der Waals surface area contributed by atoms with E-state index in [9.17, 15) is 9.50 Å². The summed E-state index contributed by atoms with van der Waals surface area (Å²) in [4.78, 5) is 6.34. The van der Waals surface area contributed by atoms with Crippen LogP contribution < -0.4 is 10.1 Å². The summed E-state index contributed by atoms with van der Waals surface area (Å²) in [5.41, 5.74) is 1.79. The number of hydrogen-bond donors (Lipinski definition) is 2. The molecule has 4 rings (SSSR count). The number of aliphatic hydroxyl groups is 1. The molecule has 0 radical (unpaired) electrons. The van der Waals surface area contributed by atoms with Gasteiger partial charge in [-0.25, -0.2) is 9.37 Å². The van der Waals surface area contributed by atoms with Gasteiger partial charge >= 0.3 is 0 Å². The van der Waals surface area contributed by atoms with E-state index in [4.69, 9.17) is 16.3 Å². The van der Waals surface area contributed by atoms with E-state index in [-0.39, 0.29) is 18.8 Å². The fourth-order valence-electron chi connectivity index (χ4n) is 4.42. The number of nitrogens with one attached hydrogen (secondary N) is 1. The standard InChI is InChI=1S/C23H31ClFN5O2/c1-23(31)8-4-16(5-9-23)27-20-14-21(24)26-15-18(20)19-2-3-22(29-28-19)32-17-6-11-30(12-7-17)13-10-25/h2-3,14-17,31H,4-13H2,1H3,(H,26,27). The Kier molecular flexibility index (Phi) is 7.43. The number of piperidine rings is 1. The second kappa shape index (κ2) is 10.3. The van der Waals surface area contributed by atoms with Crippen molar-refractivity contribution in [2.75, 3.05) is 31.6 Å². The molecule has 0 atom stereocenters. The van der Waals surface area contributed by atoms with Crippen LogP contribution >= 0.6 is 11.6 Å². The van der Waals surface area contributed by atoms with Crippen molar-refractivity contribution in [1.29, 1.82) is 0 Å². The minimum atomic E-state index is -0.581. The third kappa shape index (κ3) is 6.05. The van der Waals surface area contributed by atoms with Gasteiger partial charge in [-0.1, -0.05) is 11.6 Å². The summed E-state index contributed by atoms with van der Waals surface area (Å²) in [5, 5.41) is 22.8. The first kappa shape index (κ1) is 23.1. The van der Waals surface area contributed by atoms with Crippen molar-refractivity contribution in [2.24, 2.45) is 0 Å². The molecular weight excluding hydrogens is 433 g/mol. The Morgan fingerprint density at radius 3 is 2.62 bits per heavy atom. The first-order chi connectivity index (χ1) is 15.4. The van der Waals surface area contributed by atoms with Crippen LogP contribution in [0.4, 0.5) is 10.1 Å². The SMILES string of the molecule is CC1(O)CCC(Nc2cc(Cl)ncc2-c2ccc(OC3CCN(CCF)CC3)nn2)CC1. The van der Waals surface area contributed by atoms with E-state index >= 15 is 0 Å². The van der Waals surface area contributed by atoms with E-state index in [0.717, 1.165) is 62.9 Å². The van der Waals surface area contributed by atoms with Gasteiger partial charge in [0.15, 0.2) is 0 Å². The van der Waals surface area contributed by atoms with E-state index in [1.807, 2.05) is 19.1 Å². The molecule has 2 aromatic heterocycles. The van der Waals surface area contributed by atoms with Gasteiger partial charge in [0, 0.05) is 49.2 Å². The van der Waals surface area contributed by atoms with E-state index in [0.29, 0.717) is 23.3 Å². The number of alkyl halides is 1. The fraction of sp³-hybridized carbons (Fsp3) is 0.609. The van der Waals surface area contributed by atoms with Crippen molar-refractivity contribution in [1.82, 2.24) is 20.1 Å². The number of ether oxygens (including phenoxy) is 1. The normalized spacial score (nSPS) is 24.9. The quantitative estimate of drug-likeness (QED) is 0.598. The summed E-state index contributed by atoms with van der Waals surface area (Å²) in [7, 11) is 0. The summed E-state index contributed by atoms with van der Waals surface area (Å²) in [6.07, 6.45) is 6.77. The van der Waals surface area contributed by atoms with Crippen molar-refractivity contribution in [3.63, 3.8) is 0 Å². The number of hydrogen-bond acceptors (Lipinski definition) is 7. The van der Waals surface area contributed by atoms with Gasteiger partial charge in [-0.15, -0.1) is 10.2 Å². The van der Waals surface area contributed by atoms with Crippen molar-refractivity contribution < 1.29 is 14.2 Å². The molecule has 2 fully saturated rings. The second-order valence-corrected chi connectivity index (χ2v) is 9.46. The lowest BCUT2D eigenvalue weighted by molar-refractivity contribution is 0.0196. The maximum absolute atomic E-state index is 12.5. The van der Waals surface area contributed by atoms with E-state index < -0.39 is 5.60 Å². The predicted octanol–water partition coefficient (Wildman–Crippen LogP) is 4.11. The molecule has 3 heterocycles. The Balaban J connectivity index is 1.40. The lowest BCUT2D eigenvalue weighted by Gasteiger charge is -2.34. The Bertz CT molecular complexity index is 880. The van der Waals surface area contributed by atoms with Gasteiger partial charge in [-0.3, -0.25) is 0 Å². The number of halogens is 2. The van der Waals surface area contributed by atoms with Crippen LogP contribution in [0.15, 0.2) is 24.4 Å². The minimum Gasteiger partial charge on any atom is -0.473 e. The third-order valence-corrected chi connectivity index (χ3v) is 6.64. The van der Waals surface area contributed by atoms with E-state index in [1.165, 1.54) is 0 Å². The molecule has 1 aliphatic carbocycles. The number of nitrogens with zero attached hydrogens (tertiary/aromatic N) is 4. The largest absolute Gasteiger partial charge is 0.473 e. The molecule has 0 unspecified atom stereocenters. The van der Waals surface area contributed by atoms with Gasteiger partial charge in [-0.2, -0.15) is 0 Å². The third-order valence-electron chi connectivity index (χ3n) is 6.43. The zero-order chi connectivity index (χ0) is 22.6. The van der Waals surface area contributed by atoms with Gasteiger partial charge < -0.3 is 20.1 Å². The van der Waals surface area contributed by atoms with E-state index in [1.54, 1.807) is 12.3 Å². The zero-order valence-electron chi connectivity index (χ0n) is 18.4. The van der Waals surface area contributed by atoms with Crippen LogP contribution in [0.1, 0.15) is 45.4 Å². The van der Waals surface area contributed by atoms with Crippen molar-refractivity contribution in [2.45, 2.75) is 63.2 Å². The second-order valence-electron chi connectivity index (χ2n) is 9.07. The molecule has 174 valence electrons. The molecule has 1 saturated carbocycles. The van der Waals surface area contributed by atoms with Crippen molar-refractivity contribution >= 4 is 17.3 Å². The Hall–Kier alpha value is -2.03. The average molecular weight is 464 g/mol. The Labute approximate surface area is 193 Å². The minimum absolute atomic E-state index is 0.0731. The smallest absolute Gasteiger partial charge is 0.233 e. The van der Waals surface area contributed by atoms with Crippen LogP contribution in [-0.4, -0.2) is 69.2 Å². The molecule has 7 nitrogen and oxygen atoms in total. The van der Waals surface area contributed by atoms with Gasteiger partial charge in [0.2, 0.25) is 5.88 Å². The Morgan fingerprint density at radius 1 is 1.22 bits per heavy atom. The molecule has 9 heteroatoms. The maximum atomic E-state index is 12.5. The topological polar surface area (TPSA) is 83.4 Å². The number of aromatic nitrogens is 3. The highest BCUT2D eigenvalue weighted by molar-refractivity contribution is 6.29. The Morgan fingerprint density at radius 2 is 1.97 bits per heavy atom. The number of anilines is 1. The molecule has 2 aliphatic rings. The highest BCUT2D eigenvalue weighted by Gasteiger charge is 2.29. The first-order valence-corrected chi connectivity index (χ1v) is 11.7. The maximum Gasteiger partial charge on any atom is 0.233 e. The highest BCUT2D eigenvalue weighted by Crippen LogP contribution is 2.33. The van der Waals surface area contributed by atoms with Crippen LogP contribution in [0.3, 0.4) is 0 Å².